The summed E-state index contributed by atoms with van der Waals surface area (Å²) < 4.78 is 1.01. The standard InChI is InChI=1S/C14H19BrN2O/c1-9-2-3-11(15)6-10(9)7-14(18)17-13-5-4-12(16)8-13/h2-3,6,12-13H,4-5,7-8,16H2,1H3,(H,17,18). The molecule has 0 aliphatic heterocycles. The van der Waals surface area contributed by atoms with Crippen LogP contribution in [0.4, 0.5) is 0 Å². The van der Waals surface area contributed by atoms with Gasteiger partial charge in [-0.2, -0.15) is 0 Å². The van der Waals surface area contributed by atoms with Crippen LogP contribution in [0.3, 0.4) is 0 Å². The molecule has 2 unspecified atom stereocenters. The molecule has 18 heavy (non-hydrogen) atoms. The third kappa shape index (κ3) is 3.56. The zero-order valence-corrected chi connectivity index (χ0v) is 12.2. The fraction of sp³-hybridized carbons (Fsp3) is 0.500. The predicted molar refractivity (Wildman–Crippen MR) is 76.3 cm³/mol. The van der Waals surface area contributed by atoms with Gasteiger partial charge in [0.25, 0.3) is 0 Å². The monoisotopic (exact) mass is 310 g/mol. The maximum Gasteiger partial charge on any atom is 0.224 e. The van der Waals surface area contributed by atoms with Crippen molar-refractivity contribution < 1.29 is 4.79 Å². The summed E-state index contributed by atoms with van der Waals surface area (Å²) >= 11 is 3.43. The minimum absolute atomic E-state index is 0.0929. The molecule has 1 aromatic rings. The van der Waals surface area contributed by atoms with Gasteiger partial charge in [0.2, 0.25) is 5.91 Å². The van der Waals surface area contributed by atoms with Crippen LogP contribution >= 0.6 is 15.9 Å². The molecule has 1 amide bonds. The smallest absolute Gasteiger partial charge is 0.224 e. The van der Waals surface area contributed by atoms with Crippen LogP contribution in [0, 0.1) is 6.92 Å². The van der Waals surface area contributed by atoms with Crippen LogP contribution < -0.4 is 11.1 Å². The van der Waals surface area contributed by atoms with E-state index in [0.29, 0.717) is 6.42 Å². The molecule has 0 aromatic heterocycles. The molecule has 0 saturated heterocycles. The molecule has 3 N–H and O–H groups in total. The number of amides is 1. The highest BCUT2D eigenvalue weighted by molar-refractivity contribution is 9.10. The van der Waals surface area contributed by atoms with Crippen LogP contribution in [-0.2, 0) is 11.2 Å². The lowest BCUT2D eigenvalue weighted by Crippen LogP contribution is -2.35. The molecule has 1 saturated carbocycles. The van der Waals surface area contributed by atoms with Crippen molar-refractivity contribution in [2.24, 2.45) is 5.73 Å². The Bertz CT molecular complexity index is 447. The third-order valence-corrected chi connectivity index (χ3v) is 3.99. The van der Waals surface area contributed by atoms with Gasteiger partial charge in [0.05, 0.1) is 6.42 Å². The maximum absolute atomic E-state index is 12.0. The second kappa shape index (κ2) is 5.85. The molecule has 3 nitrogen and oxygen atoms in total. The molecule has 1 aromatic carbocycles. The molecule has 0 bridgehead atoms. The molecule has 1 fully saturated rings. The second-order valence-corrected chi connectivity index (χ2v) is 6.00. The summed E-state index contributed by atoms with van der Waals surface area (Å²) in [6.45, 7) is 2.03. The molecular formula is C14H19BrN2O. The van der Waals surface area contributed by atoms with Crippen molar-refractivity contribution in [3.8, 4) is 0 Å². The molecular weight excluding hydrogens is 292 g/mol. The number of rotatable bonds is 3. The Morgan fingerprint density at radius 3 is 2.94 bits per heavy atom. The van der Waals surface area contributed by atoms with Gasteiger partial charge in [-0.3, -0.25) is 4.79 Å². The summed E-state index contributed by atoms with van der Waals surface area (Å²) in [6, 6.07) is 6.54. The zero-order valence-electron chi connectivity index (χ0n) is 10.6. The first kappa shape index (κ1) is 13.6. The van der Waals surface area contributed by atoms with Crippen LogP contribution in [0.25, 0.3) is 0 Å². The number of carbonyl (C=O) groups excluding carboxylic acids is 1. The number of nitrogens with two attached hydrogens (primary N) is 1. The van der Waals surface area contributed by atoms with Crippen LogP contribution in [0.1, 0.15) is 30.4 Å². The van der Waals surface area contributed by atoms with Gasteiger partial charge in [-0.05, 0) is 49.4 Å². The lowest BCUT2D eigenvalue weighted by molar-refractivity contribution is -0.121. The summed E-state index contributed by atoms with van der Waals surface area (Å²) in [5.41, 5.74) is 8.06. The Kier molecular flexibility index (Phi) is 4.40. The number of nitrogens with one attached hydrogen (secondary N) is 1. The fourth-order valence-electron chi connectivity index (χ4n) is 2.43. The Morgan fingerprint density at radius 1 is 1.50 bits per heavy atom. The fourth-order valence-corrected chi connectivity index (χ4v) is 2.84. The predicted octanol–water partition coefficient (Wildman–Crippen LogP) is 2.30. The van der Waals surface area contributed by atoms with E-state index in [-0.39, 0.29) is 18.0 Å². The van der Waals surface area contributed by atoms with Crippen LogP contribution in [0.5, 0.6) is 0 Å². The third-order valence-electron chi connectivity index (χ3n) is 3.50. The van der Waals surface area contributed by atoms with E-state index in [4.69, 9.17) is 5.73 Å². The summed E-state index contributed by atoms with van der Waals surface area (Å²) in [6.07, 6.45) is 3.37. The van der Waals surface area contributed by atoms with E-state index in [1.807, 2.05) is 25.1 Å². The largest absolute Gasteiger partial charge is 0.353 e. The van der Waals surface area contributed by atoms with Gasteiger partial charge in [0, 0.05) is 16.6 Å². The van der Waals surface area contributed by atoms with Crippen molar-refractivity contribution in [1.82, 2.24) is 5.32 Å². The second-order valence-electron chi connectivity index (χ2n) is 5.09. The van der Waals surface area contributed by atoms with E-state index in [2.05, 4.69) is 21.2 Å². The highest BCUT2D eigenvalue weighted by Gasteiger charge is 2.23. The Hall–Kier alpha value is -0.870. The number of halogens is 1. The van der Waals surface area contributed by atoms with Gasteiger partial charge in [-0.25, -0.2) is 0 Å². The maximum atomic E-state index is 12.0. The lowest BCUT2D eigenvalue weighted by atomic mass is 10.1. The summed E-state index contributed by atoms with van der Waals surface area (Å²) in [5, 5.41) is 3.07. The summed E-state index contributed by atoms with van der Waals surface area (Å²) in [7, 11) is 0. The molecule has 1 aliphatic carbocycles. The van der Waals surface area contributed by atoms with Crippen molar-refractivity contribution in [1.29, 1.82) is 0 Å². The van der Waals surface area contributed by atoms with Crippen LogP contribution in [-0.4, -0.2) is 18.0 Å². The van der Waals surface area contributed by atoms with E-state index in [1.165, 1.54) is 0 Å². The highest BCUT2D eigenvalue weighted by Crippen LogP contribution is 2.19. The molecule has 98 valence electrons. The van der Waals surface area contributed by atoms with E-state index in [1.54, 1.807) is 0 Å². The Balaban J connectivity index is 1.92. The summed E-state index contributed by atoms with van der Waals surface area (Å²) in [4.78, 5) is 12.0. The van der Waals surface area contributed by atoms with Gasteiger partial charge in [-0.15, -0.1) is 0 Å². The zero-order chi connectivity index (χ0) is 13.1. The van der Waals surface area contributed by atoms with E-state index >= 15 is 0 Å². The minimum Gasteiger partial charge on any atom is -0.353 e. The Morgan fingerprint density at radius 2 is 2.28 bits per heavy atom. The molecule has 4 heteroatoms. The molecule has 0 spiro atoms. The van der Waals surface area contributed by atoms with Crippen LogP contribution in [0.2, 0.25) is 0 Å². The van der Waals surface area contributed by atoms with Gasteiger partial charge in [0.15, 0.2) is 0 Å². The normalized spacial score (nSPS) is 23.1. The topological polar surface area (TPSA) is 55.1 Å². The number of hydrogen-bond donors (Lipinski definition) is 2. The Labute approximate surface area is 116 Å². The molecule has 2 rings (SSSR count). The molecule has 0 heterocycles. The van der Waals surface area contributed by atoms with Gasteiger partial charge < -0.3 is 11.1 Å². The van der Waals surface area contributed by atoms with Crippen LogP contribution in [0.15, 0.2) is 22.7 Å². The number of carbonyl (C=O) groups is 1. The minimum atomic E-state index is 0.0929. The molecule has 0 radical (unpaired) electrons. The van der Waals surface area contributed by atoms with E-state index in [9.17, 15) is 4.79 Å². The van der Waals surface area contributed by atoms with Crippen molar-refractivity contribution in [3.63, 3.8) is 0 Å². The van der Waals surface area contributed by atoms with Crippen molar-refractivity contribution in [2.45, 2.75) is 44.7 Å². The molecule has 1 aliphatic rings. The van der Waals surface area contributed by atoms with Crippen molar-refractivity contribution >= 4 is 21.8 Å². The summed E-state index contributed by atoms with van der Waals surface area (Å²) in [5.74, 6) is 0.0929. The first-order chi connectivity index (χ1) is 8.54. The van der Waals surface area contributed by atoms with Gasteiger partial charge in [-0.1, -0.05) is 22.0 Å². The van der Waals surface area contributed by atoms with E-state index < -0.39 is 0 Å². The van der Waals surface area contributed by atoms with Crippen molar-refractivity contribution in [2.75, 3.05) is 0 Å². The van der Waals surface area contributed by atoms with Gasteiger partial charge in [0.1, 0.15) is 0 Å². The highest BCUT2D eigenvalue weighted by atomic mass is 79.9. The quantitative estimate of drug-likeness (QED) is 0.900. The number of aryl methyl sites for hydroxylation is 1. The average molecular weight is 311 g/mol. The first-order valence-electron chi connectivity index (χ1n) is 6.34. The SMILES string of the molecule is Cc1ccc(Br)cc1CC(=O)NC1CCC(N)C1. The number of benzene rings is 1. The van der Waals surface area contributed by atoms with E-state index in [0.717, 1.165) is 34.9 Å². The van der Waals surface area contributed by atoms with Crippen molar-refractivity contribution in [3.05, 3.63) is 33.8 Å². The average Bonchev–Trinajstić information content (AvgIpc) is 2.69. The van der Waals surface area contributed by atoms with Gasteiger partial charge >= 0.3 is 0 Å². The molecule has 2 atom stereocenters. The lowest BCUT2D eigenvalue weighted by Gasteiger charge is -2.13. The first-order valence-corrected chi connectivity index (χ1v) is 7.14. The number of hydrogen-bond acceptors (Lipinski definition) is 2.